The zero-order valence-corrected chi connectivity index (χ0v) is 20.6. The van der Waals surface area contributed by atoms with Gasteiger partial charge in [0.2, 0.25) is 0 Å². The fourth-order valence-electron chi connectivity index (χ4n) is 3.59. The molecule has 0 fully saturated rings. The summed E-state index contributed by atoms with van der Waals surface area (Å²) < 4.78 is 37.3. The molecule has 0 amide bonds. The van der Waals surface area contributed by atoms with Crippen LogP contribution in [0.1, 0.15) is 20.1 Å². The van der Waals surface area contributed by atoms with Gasteiger partial charge < -0.3 is 14.0 Å². The summed E-state index contributed by atoms with van der Waals surface area (Å²) in [5.74, 6) is -0.307. The number of ether oxygens (including phenoxy) is 2. The molecule has 0 saturated heterocycles. The third-order valence-electron chi connectivity index (χ3n) is 5.30. The number of nitrogens with zero attached hydrogens (tertiary/aromatic N) is 1. The number of benzene rings is 2. The molecule has 4 rings (SSSR count). The molecule has 1 aliphatic heterocycles. The van der Waals surface area contributed by atoms with E-state index in [2.05, 4.69) is 10.1 Å². The van der Waals surface area contributed by atoms with Crippen molar-refractivity contribution < 1.29 is 27.9 Å². The number of esters is 1. The number of H-pyrrole nitrogens is 1. The summed E-state index contributed by atoms with van der Waals surface area (Å²) in [6, 6.07) is 12.9. The van der Waals surface area contributed by atoms with E-state index >= 15 is 0 Å². The van der Waals surface area contributed by atoms with Gasteiger partial charge in [-0.2, -0.15) is 5.09 Å². The second-order valence-electron chi connectivity index (χ2n) is 7.93. The summed E-state index contributed by atoms with van der Waals surface area (Å²) in [6.07, 6.45) is 3.10. The van der Waals surface area contributed by atoms with Crippen LogP contribution >= 0.6 is 7.75 Å². The number of hydrogen-bond donors (Lipinski definition) is 2. The fourth-order valence-corrected chi connectivity index (χ4v) is 5.11. The lowest BCUT2D eigenvalue weighted by molar-refractivity contribution is -0.144. The van der Waals surface area contributed by atoms with Crippen LogP contribution in [0.5, 0.6) is 5.75 Å². The zero-order valence-electron chi connectivity index (χ0n) is 19.7. The lowest BCUT2D eigenvalue weighted by Crippen LogP contribution is -2.36. The molecule has 0 spiro atoms. The number of carbonyl (C=O) groups excluding carboxylic acids is 1. The van der Waals surface area contributed by atoms with E-state index in [-0.39, 0.29) is 13.2 Å². The van der Waals surface area contributed by atoms with Gasteiger partial charge in [-0.05, 0) is 31.4 Å². The van der Waals surface area contributed by atoms with Crippen molar-refractivity contribution in [2.75, 3.05) is 13.2 Å². The van der Waals surface area contributed by atoms with Gasteiger partial charge in [0, 0.05) is 17.6 Å². The first-order valence-corrected chi connectivity index (χ1v) is 12.8. The molecule has 36 heavy (non-hydrogen) atoms. The average Bonchev–Trinajstić information content (AvgIpc) is 3.32. The number of carbonyl (C=O) groups is 1. The van der Waals surface area contributed by atoms with Crippen molar-refractivity contribution in [1.29, 1.82) is 0 Å². The predicted octanol–water partition coefficient (Wildman–Crippen LogP) is 2.89. The number of aromatic nitrogens is 2. The van der Waals surface area contributed by atoms with Crippen LogP contribution < -0.4 is 20.9 Å². The van der Waals surface area contributed by atoms with Gasteiger partial charge in [0.1, 0.15) is 17.9 Å². The van der Waals surface area contributed by atoms with E-state index in [1.807, 2.05) is 30.3 Å². The molecule has 12 heteroatoms. The molecule has 0 aliphatic carbocycles. The Hall–Kier alpha value is -3.50. The SMILES string of the molecule is CCOC(=O)[C@H](C)NP(=O)(OC[C@@H]1C=CC(n2ccc(=O)[nH]c2=O)O1)Oc1cccc2ccccc12. The third kappa shape index (κ3) is 6.00. The molecule has 3 aromatic rings. The van der Waals surface area contributed by atoms with Crippen LogP contribution in [0.2, 0.25) is 0 Å². The molecule has 1 aromatic heterocycles. The van der Waals surface area contributed by atoms with Crippen molar-refractivity contribution in [2.24, 2.45) is 0 Å². The Bertz CT molecular complexity index is 1430. The lowest BCUT2D eigenvalue weighted by Gasteiger charge is -2.24. The van der Waals surface area contributed by atoms with Gasteiger partial charge in [0.15, 0.2) is 6.23 Å². The van der Waals surface area contributed by atoms with Crippen LogP contribution in [0, 0.1) is 0 Å². The van der Waals surface area contributed by atoms with E-state index in [0.29, 0.717) is 11.1 Å². The zero-order chi connectivity index (χ0) is 25.7. The quantitative estimate of drug-likeness (QED) is 0.237. The Labute approximate surface area is 206 Å². The van der Waals surface area contributed by atoms with Crippen LogP contribution in [0.25, 0.3) is 10.8 Å². The lowest BCUT2D eigenvalue weighted by atomic mass is 10.1. The summed E-state index contributed by atoms with van der Waals surface area (Å²) in [5, 5.41) is 4.22. The maximum atomic E-state index is 13.8. The largest absolute Gasteiger partial charge is 0.465 e. The molecule has 4 atom stereocenters. The van der Waals surface area contributed by atoms with Crippen molar-refractivity contribution >= 4 is 24.5 Å². The van der Waals surface area contributed by atoms with E-state index in [4.69, 9.17) is 18.5 Å². The summed E-state index contributed by atoms with van der Waals surface area (Å²) in [5.41, 5.74) is -1.15. The highest BCUT2D eigenvalue weighted by atomic mass is 31.2. The molecule has 2 heterocycles. The molecule has 2 unspecified atom stereocenters. The number of nitrogens with one attached hydrogen (secondary N) is 2. The second kappa shape index (κ2) is 11.0. The summed E-state index contributed by atoms with van der Waals surface area (Å²) in [4.78, 5) is 37.7. The number of aromatic amines is 1. The molecule has 0 saturated carbocycles. The van der Waals surface area contributed by atoms with Gasteiger partial charge in [0.25, 0.3) is 5.56 Å². The first-order valence-electron chi connectivity index (χ1n) is 11.3. The molecular weight excluding hydrogens is 489 g/mol. The Kier molecular flexibility index (Phi) is 7.85. The summed E-state index contributed by atoms with van der Waals surface area (Å²) in [7, 11) is -4.12. The molecule has 1 aliphatic rings. The third-order valence-corrected chi connectivity index (χ3v) is 6.93. The van der Waals surface area contributed by atoms with Crippen LogP contribution in [-0.2, 0) is 23.4 Å². The Morgan fingerprint density at radius 2 is 1.94 bits per heavy atom. The Morgan fingerprint density at radius 1 is 1.17 bits per heavy atom. The Balaban J connectivity index is 1.51. The van der Waals surface area contributed by atoms with Crippen LogP contribution in [-0.4, -0.2) is 40.9 Å². The second-order valence-corrected chi connectivity index (χ2v) is 9.63. The van der Waals surface area contributed by atoms with Gasteiger partial charge in [-0.15, -0.1) is 0 Å². The van der Waals surface area contributed by atoms with Gasteiger partial charge in [-0.3, -0.25) is 23.7 Å². The van der Waals surface area contributed by atoms with Crippen molar-refractivity contribution in [3.05, 3.63) is 87.7 Å². The average molecular weight is 515 g/mol. The monoisotopic (exact) mass is 515 g/mol. The first-order chi connectivity index (χ1) is 17.3. The minimum Gasteiger partial charge on any atom is -0.465 e. The number of hydrogen-bond acceptors (Lipinski definition) is 8. The van der Waals surface area contributed by atoms with Crippen molar-refractivity contribution in [2.45, 2.75) is 32.2 Å². The molecule has 190 valence electrons. The highest BCUT2D eigenvalue weighted by molar-refractivity contribution is 7.52. The topological polar surface area (TPSA) is 138 Å². The molecule has 2 N–H and O–H groups in total. The number of fused-ring (bicyclic) bond motifs is 1. The van der Waals surface area contributed by atoms with E-state index in [9.17, 15) is 18.9 Å². The first kappa shape index (κ1) is 25.6. The standard InChI is InChI=1S/C24H26N3O8P/c1-3-32-23(29)16(2)26-36(31,35-20-10-6-8-17-7-4-5-9-19(17)20)33-15-18-11-12-22(34-18)27-14-13-21(28)25-24(27)30/h4-14,16,18,22H,3,15H2,1-2H3,(H,26,31)(H,25,28,30)/t16-,18-,22?,36?/m0/s1. The molecular formula is C24H26N3O8P. The summed E-state index contributed by atoms with van der Waals surface area (Å²) in [6.45, 7) is 3.11. The van der Waals surface area contributed by atoms with Crippen molar-refractivity contribution in [1.82, 2.24) is 14.6 Å². The number of rotatable bonds is 10. The highest BCUT2D eigenvalue weighted by Crippen LogP contribution is 2.47. The van der Waals surface area contributed by atoms with Gasteiger partial charge >= 0.3 is 19.4 Å². The molecule has 0 bridgehead atoms. The van der Waals surface area contributed by atoms with E-state index in [0.717, 1.165) is 5.39 Å². The maximum absolute atomic E-state index is 13.8. The molecule has 11 nitrogen and oxygen atoms in total. The minimum atomic E-state index is -4.12. The molecule has 0 radical (unpaired) electrons. The van der Waals surface area contributed by atoms with Crippen LogP contribution in [0.4, 0.5) is 0 Å². The Morgan fingerprint density at radius 3 is 2.72 bits per heavy atom. The van der Waals surface area contributed by atoms with Gasteiger partial charge in [0.05, 0.1) is 13.2 Å². The fraction of sp³-hybridized carbons (Fsp3) is 0.292. The van der Waals surface area contributed by atoms with Crippen molar-refractivity contribution in [3.63, 3.8) is 0 Å². The van der Waals surface area contributed by atoms with E-state index in [1.165, 1.54) is 23.8 Å². The van der Waals surface area contributed by atoms with Crippen molar-refractivity contribution in [3.8, 4) is 5.75 Å². The van der Waals surface area contributed by atoms with E-state index < -0.39 is 43.3 Å². The van der Waals surface area contributed by atoms with Crippen LogP contribution in [0.3, 0.4) is 0 Å². The smallest absolute Gasteiger partial charge is 0.459 e. The maximum Gasteiger partial charge on any atom is 0.459 e. The van der Waals surface area contributed by atoms with Crippen LogP contribution in [0.15, 0.2) is 76.5 Å². The van der Waals surface area contributed by atoms with E-state index in [1.54, 1.807) is 31.2 Å². The molecule has 2 aromatic carbocycles. The normalized spacial score (nSPS) is 19.6. The summed E-state index contributed by atoms with van der Waals surface area (Å²) >= 11 is 0. The van der Waals surface area contributed by atoms with Gasteiger partial charge in [-0.1, -0.05) is 42.5 Å². The highest BCUT2D eigenvalue weighted by Gasteiger charge is 2.34. The minimum absolute atomic E-state index is 0.159. The van der Waals surface area contributed by atoms with Gasteiger partial charge in [-0.25, -0.2) is 9.36 Å². The predicted molar refractivity (Wildman–Crippen MR) is 132 cm³/mol.